The molecule has 0 unspecified atom stereocenters. The maximum Gasteiger partial charge on any atom is 0.328 e. The first kappa shape index (κ1) is 18.7. The SMILES string of the molecule is Cc1ccc(O)c([C@H]2CC(c3ccccc3Cl)=NN2C(=O)/C=C\C(=O)O)c1. The third-order valence-electron chi connectivity index (χ3n) is 4.23. The van der Waals surface area contributed by atoms with Crippen molar-refractivity contribution in [1.82, 2.24) is 5.01 Å². The molecule has 3 rings (SSSR count). The van der Waals surface area contributed by atoms with Gasteiger partial charge in [0.2, 0.25) is 0 Å². The predicted octanol–water partition coefficient (Wildman–Crippen LogP) is 3.67. The van der Waals surface area contributed by atoms with Gasteiger partial charge in [-0.25, -0.2) is 9.80 Å². The van der Waals surface area contributed by atoms with E-state index in [1.54, 1.807) is 36.4 Å². The molecule has 0 bridgehead atoms. The monoisotopic (exact) mass is 384 g/mol. The number of hydrogen-bond donors (Lipinski definition) is 2. The van der Waals surface area contributed by atoms with Gasteiger partial charge in [0.05, 0.1) is 11.8 Å². The summed E-state index contributed by atoms with van der Waals surface area (Å²) >= 11 is 6.26. The average molecular weight is 385 g/mol. The van der Waals surface area contributed by atoms with Crippen LogP contribution in [0, 0.1) is 6.92 Å². The van der Waals surface area contributed by atoms with Crippen LogP contribution in [0.5, 0.6) is 5.75 Å². The molecule has 7 heteroatoms. The first-order valence-electron chi connectivity index (χ1n) is 8.23. The molecule has 27 heavy (non-hydrogen) atoms. The van der Waals surface area contributed by atoms with Gasteiger partial charge in [-0.1, -0.05) is 47.5 Å². The van der Waals surface area contributed by atoms with Gasteiger partial charge in [-0.15, -0.1) is 0 Å². The molecule has 0 radical (unpaired) electrons. The Labute approximate surface area is 161 Å². The Bertz CT molecular complexity index is 968. The minimum atomic E-state index is -1.23. The molecule has 0 fully saturated rings. The van der Waals surface area contributed by atoms with Gasteiger partial charge in [-0.05, 0) is 19.1 Å². The van der Waals surface area contributed by atoms with Crippen LogP contribution in [0.4, 0.5) is 0 Å². The molecule has 1 aliphatic heterocycles. The summed E-state index contributed by atoms with van der Waals surface area (Å²) in [7, 11) is 0. The van der Waals surface area contributed by atoms with Crippen LogP contribution in [0.25, 0.3) is 0 Å². The van der Waals surface area contributed by atoms with Gasteiger partial charge in [-0.2, -0.15) is 5.10 Å². The van der Waals surface area contributed by atoms with Crippen molar-refractivity contribution in [3.63, 3.8) is 0 Å². The van der Waals surface area contributed by atoms with Crippen molar-refractivity contribution in [3.8, 4) is 5.75 Å². The highest BCUT2D eigenvalue weighted by atomic mass is 35.5. The molecule has 2 N–H and O–H groups in total. The van der Waals surface area contributed by atoms with E-state index in [0.717, 1.165) is 17.7 Å². The molecule has 6 nitrogen and oxygen atoms in total. The number of benzene rings is 2. The highest BCUT2D eigenvalue weighted by molar-refractivity contribution is 6.34. The van der Waals surface area contributed by atoms with Crippen molar-refractivity contribution < 1.29 is 19.8 Å². The van der Waals surface area contributed by atoms with Crippen LogP contribution in [-0.4, -0.2) is 32.8 Å². The maximum absolute atomic E-state index is 12.5. The molecular formula is C20H17ClN2O4. The van der Waals surface area contributed by atoms with E-state index < -0.39 is 17.9 Å². The molecule has 0 aliphatic carbocycles. The van der Waals surface area contributed by atoms with E-state index in [1.165, 1.54) is 5.01 Å². The molecule has 1 atom stereocenters. The number of nitrogens with zero attached hydrogens (tertiary/aromatic N) is 2. The molecule has 0 aromatic heterocycles. The Balaban J connectivity index is 2.04. The van der Waals surface area contributed by atoms with Crippen molar-refractivity contribution in [1.29, 1.82) is 0 Å². The summed E-state index contributed by atoms with van der Waals surface area (Å²) in [4.78, 5) is 23.3. The fourth-order valence-corrected chi connectivity index (χ4v) is 3.22. The summed E-state index contributed by atoms with van der Waals surface area (Å²) in [5.74, 6) is -1.78. The molecule has 1 amide bonds. The van der Waals surface area contributed by atoms with E-state index >= 15 is 0 Å². The van der Waals surface area contributed by atoms with Crippen molar-refractivity contribution in [2.24, 2.45) is 5.10 Å². The Kier molecular flexibility index (Phi) is 5.28. The standard InChI is InChI=1S/C20H17ClN2O4/c1-12-6-7-18(24)14(10-12)17-11-16(13-4-2-3-5-15(13)21)22-23(17)19(25)8-9-20(26)27/h2-10,17,24H,11H2,1H3,(H,26,27)/b9-8-/t17-/m1/s1. The van der Waals surface area contributed by atoms with Crippen LogP contribution in [0.1, 0.15) is 29.2 Å². The summed E-state index contributed by atoms with van der Waals surface area (Å²) in [5, 5.41) is 25.2. The molecule has 0 saturated heterocycles. The Morgan fingerprint density at radius 3 is 2.67 bits per heavy atom. The number of carboxylic acids is 1. The van der Waals surface area contributed by atoms with Gasteiger partial charge in [-0.3, -0.25) is 4.79 Å². The highest BCUT2D eigenvalue weighted by Gasteiger charge is 2.34. The molecule has 0 saturated carbocycles. The first-order chi connectivity index (χ1) is 12.9. The number of phenolic OH excluding ortho intramolecular Hbond substituents is 1. The Morgan fingerprint density at radius 1 is 1.22 bits per heavy atom. The van der Waals surface area contributed by atoms with Crippen LogP contribution in [-0.2, 0) is 9.59 Å². The van der Waals surface area contributed by atoms with Gasteiger partial charge in [0.15, 0.2) is 0 Å². The number of aryl methyl sites for hydroxylation is 1. The van der Waals surface area contributed by atoms with E-state index in [-0.39, 0.29) is 5.75 Å². The zero-order valence-electron chi connectivity index (χ0n) is 14.5. The lowest BCUT2D eigenvalue weighted by atomic mass is 9.96. The predicted molar refractivity (Wildman–Crippen MR) is 102 cm³/mol. The van der Waals surface area contributed by atoms with Crippen LogP contribution in [0.2, 0.25) is 5.02 Å². The number of hydrogen-bond acceptors (Lipinski definition) is 4. The Hall–Kier alpha value is -3.12. The second kappa shape index (κ2) is 7.63. The number of carbonyl (C=O) groups is 2. The largest absolute Gasteiger partial charge is 0.508 e. The topological polar surface area (TPSA) is 90.2 Å². The number of phenols is 1. The third-order valence-corrected chi connectivity index (χ3v) is 4.56. The first-order valence-corrected chi connectivity index (χ1v) is 8.60. The van der Waals surface area contributed by atoms with E-state index in [4.69, 9.17) is 16.7 Å². The van der Waals surface area contributed by atoms with E-state index in [9.17, 15) is 14.7 Å². The number of aromatic hydroxyl groups is 1. The van der Waals surface area contributed by atoms with Gasteiger partial charge in [0.1, 0.15) is 5.75 Å². The lowest BCUT2D eigenvalue weighted by molar-refractivity contribution is -0.132. The summed E-state index contributed by atoms with van der Waals surface area (Å²) in [6.45, 7) is 1.88. The van der Waals surface area contributed by atoms with E-state index in [2.05, 4.69) is 5.10 Å². The van der Waals surface area contributed by atoms with Crippen molar-refractivity contribution >= 4 is 29.2 Å². The lowest BCUT2D eigenvalue weighted by Crippen LogP contribution is -2.25. The molecule has 1 aliphatic rings. The van der Waals surface area contributed by atoms with Crippen molar-refractivity contribution in [2.45, 2.75) is 19.4 Å². The fourth-order valence-electron chi connectivity index (χ4n) is 2.97. The second-order valence-corrected chi connectivity index (χ2v) is 6.57. The van der Waals surface area contributed by atoms with Crippen LogP contribution in [0.15, 0.2) is 59.7 Å². The van der Waals surface area contributed by atoms with Gasteiger partial charge in [0.25, 0.3) is 5.91 Å². The molecule has 2 aromatic carbocycles. The number of halogens is 1. The van der Waals surface area contributed by atoms with Crippen LogP contribution < -0.4 is 0 Å². The highest BCUT2D eigenvalue weighted by Crippen LogP contribution is 2.38. The number of amides is 1. The molecule has 1 heterocycles. The molecule has 2 aromatic rings. The number of aliphatic carboxylic acids is 1. The molecular weight excluding hydrogens is 368 g/mol. The zero-order chi connectivity index (χ0) is 19.6. The van der Waals surface area contributed by atoms with Crippen LogP contribution >= 0.6 is 11.6 Å². The van der Waals surface area contributed by atoms with Gasteiger partial charge < -0.3 is 10.2 Å². The number of rotatable bonds is 4. The summed E-state index contributed by atoms with van der Waals surface area (Å²) in [5.41, 5.74) is 2.73. The average Bonchev–Trinajstić information content (AvgIpc) is 3.07. The maximum atomic E-state index is 12.5. The number of carbonyl (C=O) groups excluding carboxylic acids is 1. The minimum Gasteiger partial charge on any atom is -0.508 e. The van der Waals surface area contributed by atoms with Gasteiger partial charge >= 0.3 is 5.97 Å². The normalized spacial score (nSPS) is 16.6. The van der Waals surface area contributed by atoms with E-state index in [0.29, 0.717) is 28.3 Å². The lowest BCUT2D eigenvalue weighted by Gasteiger charge is -2.22. The minimum absolute atomic E-state index is 0.0428. The van der Waals surface area contributed by atoms with Crippen molar-refractivity contribution in [2.75, 3.05) is 0 Å². The Morgan fingerprint density at radius 2 is 1.96 bits per heavy atom. The summed E-state index contributed by atoms with van der Waals surface area (Å²) < 4.78 is 0. The summed E-state index contributed by atoms with van der Waals surface area (Å²) in [6, 6.07) is 11.7. The van der Waals surface area contributed by atoms with E-state index in [1.807, 2.05) is 13.0 Å². The number of carboxylic acid groups (broad SMARTS) is 1. The second-order valence-electron chi connectivity index (χ2n) is 6.16. The summed E-state index contributed by atoms with van der Waals surface area (Å²) in [6.07, 6.45) is 2.05. The van der Waals surface area contributed by atoms with Crippen molar-refractivity contribution in [3.05, 3.63) is 76.3 Å². The molecule has 138 valence electrons. The fraction of sp³-hybridized carbons (Fsp3) is 0.150. The molecule has 0 spiro atoms. The smallest absolute Gasteiger partial charge is 0.328 e. The number of hydrazone groups is 1. The van der Waals surface area contributed by atoms with Gasteiger partial charge in [0, 0.05) is 34.7 Å². The zero-order valence-corrected chi connectivity index (χ0v) is 15.2. The van der Waals surface area contributed by atoms with Crippen LogP contribution in [0.3, 0.4) is 0 Å². The quantitative estimate of drug-likeness (QED) is 0.787. The third kappa shape index (κ3) is 4.01.